The van der Waals surface area contributed by atoms with E-state index in [4.69, 9.17) is 0 Å². The number of phenols is 1. The number of sulfone groups is 1. The Hall–Kier alpha value is -2.67. The van der Waals surface area contributed by atoms with E-state index in [1.807, 2.05) is 0 Å². The molecule has 1 amide bonds. The van der Waals surface area contributed by atoms with Crippen molar-refractivity contribution in [1.82, 2.24) is 5.32 Å². The number of hydrogen-bond donors (Lipinski definition) is 2. The van der Waals surface area contributed by atoms with E-state index >= 15 is 0 Å². The number of aromatic hydroxyl groups is 1. The fraction of sp³-hybridized carbons (Fsp3) is 0.300. The number of carbonyl (C=O) groups excluding carboxylic acids is 2. The normalized spacial score (nSPS) is 11.4. The quantitative estimate of drug-likeness (QED) is 0.722. The fourth-order valence-electron chi connectivity index (χ4n) is 2.55. The van der Waals surface area contributed by atoms with Gasteiger partial charge in [0.05, 0.1) is 16.2 Å². The van der Waals surface area contributed by atoms with E-state index in [1.54, 1.807) is 38.1 Å². The van der Waals surface area contributed by atoms with Crippen LogP contribution in [0.5, 0.6) is 5.75 Å². The van der Waals surface area contributed by atoms with Crippen molar-refractivity contribution >= 4 is 21.5 Å². The zero-order chi connectivity index (χ0) is 20.0. The molecule has 0 aliphatic heterocycles. The predicted molar refractivity (Wildman–Crippen MR) is 103 cm³/mol. The molecule has 0 aliphatic rings. The third-order valence-corrected chi connectivity index (χ3v) is 5.64. The highest BCUT2D eigenvalue weighted by atomic mass is 32.2. The first kappa shape index (κ1) is 20.6. The van der Waals surface area contributed by atoms with Crippen LogP contribution in [-0.4, -0.2) is 37.0 Å². The second-order valence-corrected chi connectivity index (χ2v) is 8.65. The lowest BCUT2D eigenvalue weighted by molar-refractivity contribution is -0.118. The molecule has 0 aliphatic carbocycles. The molecule has 0 unspecified atom stereocenters. The van der Waals surface area contributed by atoms with Crippen LogP contribution in [0.3, 0.4) is 0 Å². The van der Waals surface area contributed by atoms with Crippen molar-refractivity contribution in [3.05, 3.63) is 59.7 Å². The van der Waals surface area contributed by atoms with E-state index in [2.05, 4.69) is 5.32 Å². The Morgan fingerprint density at radius 2 is 1.67 bits per heavy atom. The van der Waals surface area contributed by atoms with E-state index in [1.165, 1.54) is 24.3 Å². The van der Waals surface area contributed by atoms with Crippen molar-refractivity contribution in [2.24, 2.45) is 0 Å². The number of hydrogen-bond acceptors (Lipinski definition) is 5. The molecule has 2 aromatic rings. The monoisotopic (exact) mass is 389 g/mol. The molecule has 0 saturated carbocycles. The molecule has 0 atom stereocenters. The molecule has 6 nitrogen and oxygen atoms in total. The zero-order valence-electron chi connectivity index (χ0n) is 15.3. The van der Waals surface area contributed by atoms with Gasteiger partial charge in [0.25, 0.3) is 5.91 Å². The molecule has 0 radical (unpaired) electrons. The molecule has 0 aromatic heterocycles. The summed E-state index contributed by atoms with van der Waals surface area (Å²) in [6.07, 6.45) is -0.0609. The first-order valence-corrected chi connectivity index (χ1v) is 10.3. The zero-order valence-corrected chi connectivity index (χ0v) is 16.1. The van der Waals surface area contributed by atoms with Gasteiger partial charge in [-0.1, -0.05) is 24.3 Å². The smallest absolute Gasteiger partial charge is 0.252 e. The van der Waals surface area contributed by atoms with Gasteiger partial charge in [-0.2, -0.15) is 0 Å². The standard InChI is InChI=1S/C20H23NO5S/c1-14(2)21-20(24)18-5-3-4-6-19(18)27(25,26)12-11-17(23)13-15-7-9-16(22)10-8-15/h3-10,14,22H,11-13H2,1-2H3,(H,21,24). The predicted octanol–water partition coefficient (Wildman–Crippen LogP) is 2.51. The van der Waals surface area contributed by atoms with Crippen molar-refractivity contribution < 1.29 is 23.1 Å². The molecule has 0 saturated heterocycles. The number of nitrogens with one attached hydrogen (secondary N) is 1. The summed E-state index contributed by atoms with van der Waals surface area (Å²) in [5, 5.41) is 11.9. The van der Waals surface area contributed by atoms with E-state index in [-0.39, 0.29) is 46.6 Å². The lowest BCUT2D eigenvalue weighted by Gasteiger charge is -2.12. The second-order valence-electron chi connectivity index (χ2n) is 6.58. The molecule has 0 fully saturated rings. The highest BCUT2D eigenvalue weighted by Gasteiger charge is 2.23. The highest BCUT2D eigenvalue weighted by molar-refractivity contribution is 7.91. The van der Waals surface area contributed by atoms with Crippen LogP contribution in [0.15, 0.2) is 53.4 Å². The van der Waals surface area contributed by atoms with Crippen molar-refractivity contribution in [2.45, 2.75) is 37.6 Å². The molecule has 0 spiro atoms. The minimum atomic E-state index is -3.79. The minimum Gasteiger partial charge on any atom is -0.508 e. The Labute approximate surface area is 159 Å². The molecule has 0 heterocycles. The Kier molecular flexibility index (Phi) is 6.74. The molecule has 0 bridgehead atoms. The molecule has 2 rings (SSSR count). The number of phenolic OH excluding ortho intramolecular Hbond substituents is 1. The van der Waals surface area contributed by atoms with Crippen LogP contribution in [0, 0.1) is 0 Å². The molecular formula is C20H23NO5S. The number of benzene rings is 2. The van der Waals surface area contributed by atoms with Gasteiger partial charge in [-0.05, 0) is 43.7 Å². The fourth-order valence-corrected chi connectivity index (χ4v) is 4.05. The summed E-state index contributed by atoms with van der Waals surface area (Å²) in [5.41, 5.74) is 0.782. The van der Waals surface area contributed by atoms with Crippen LogP contribution in [0.4, 0.5) is 0 Å². The summed E-state index contributed by atoms with van der Waals surface area (Å²) in [6, 6.07) is 12.1. The summed E-state index contributed by atoms with van der Waals surface area (Å²) >= 11 is 0. The summed E-state index contributed by atoms with van der Waals surface area (Å²) in [7, 11) is -3.79. The van der Waals surface area contributed by atoms with Gasteiger partial charge in [0.1, 0.15) is 11.5 Å². The maximum absolute atomic E-state index is 12.7. The number of amides is 1. The lowest BCUT2D eigenvalue weighted by atomic mass is 10.1. The van der Waals surface area contributed by atoms with E-state index < -0.39 is 15.7 Å². The Morgan fingerprint density at radius 3 is 2.30 bits per heavy atom. The van der Waals surface area contributed by atoms with Crippen molar-refractivity contribution in [3.63, 3.8) is 0 Å². The molecule has 2 N–H and O–H groups in total. The van der Waals surface area contributed by atoms with E-state index in [0.29, 0.717) is 5.56 Å². The topological polar surface area (TPSA) is 101 Å². The van der Waals surface area contributed by atoms with Crippen molar-refractivity contribution in [3.8, 4) is 5.75 Å². The summed E-state index contributed by atoms with van der Waals surface area (Å²) in [4.78, 5) is 24.3. The van der Waals surface area contributed by atoms with Crippen LogP contribution < -0.4 is 5.32 Å². The molecule has 144 valence electrons. The van der Waals surface area contributed by atoms with Gasteiger partial charge in [0.15, 0.2) is 9.84 Å². The number of ketones is 1. The van der Waals surface area contributed by atoms with Crippen LogP contribution in [-0.2, 0) is 21.1 Å². The van der Waals surface area contributed by atoms with Crippen molar-refractivity contribution in [1.29, 1.82) is 0 Å². The van der Waals surface area contributed by atoms with Crippen LogP contribution in [0.25, 0.3) is 0 Å². The lowest BCUT2D eigenvalue weighted by Crippen LogP contribution is -2.31. The van der Waals surface area contributed by atoms with Gasteiger partial charge >= 0.3 is 0 Å². The van der Waals surface area contributed by atoms with Gasteiger partial charge in [-0.25, -0.2) is 8.42 Å². The summed E-state index contributed by atoms with van der Waals surface area (Å²) < 4.78 is 25.4. The highest BCUT2D eigenvalue weighted by Crippen LogP contribution is 2.19. The third-order valence-electron chi connectivity index (χ3n) is 3.87. The Morgan fingerprint density at radius 1 is 1.04 bits per heavy atom. The van der Waals surface area contributed by atoms with Crippen molar-refractivity contribution in [2.75, 3.05) is 5.75 Å². The molecule has 27 heavy (non-hydrogen) atoms. The number of Topliss-reactive ketones (excluding diaryl/α,β-unsaturated/α-hetero) is 1. The van der Waals surface area contributed by atoms with Gasteiger partial charge in [-0.3, -0.25) is 9.59 Å². The van der Waals surface area contributed by atoms with Gasteiger partial charge in [-0.15, -0.1) is 0 Å². The van der Waals surface area contributed by atoms with Gasteiger partial charge in [0.2, 0.25) is 0 Å². The minimum absolute atomic E-state index is 0.0689. The van der Waals surface area contributed by atoms with Crippen LogP contribution in [0.1, 0.15) is 36.2 Å². The average Bonchev–Trinajstić information content (AvgIpc) is 2.61. The second kappa shape index (κ2) is 8.81. The van der Waals surface area contributed by atoms with Crippen LogP contribution in [0.2, 0.25) is 0 Å². The number of rotatable bonds is 8. The summed E-state index contributed by atoms with van der Waals surface area (Å²) in [6.45, 7) is 3.58. The number of carbonyl (C=O) groups is 2. The molecular weight excluding hydrogens is 366 g/mol. The van der Waals surface area contributed by atoms with Gasteiger partial charge in [0, 0.05) is 18.9 Å². The largest absolute Gasteiger partial charge is 0.508 e. The average molecular weight is 389 g/mol. The van der Waals surface area contributed by atoms with Crippen LogP contribution >= 0.6 is 0 Å². The first-order chi connectivity index (χ1) is 12.7. The first-order valence-electron chi connectivity index (χ1n) is 8.61. The molecule has 2 aromatic carbocycles. The maximum atomic E-state index is 12.7. The Balaban J connectivity index is 2.09. The van der Waals surface area contributed by atoms with E-state index in [9.17, 15) is 23.1 Å². The van der Waals surface area contributed by atoms with Gasteiger partial charge < -0.3 is 10.4 Å². The summed E-state index contributed by atoms with van der Waals surface area (Å²) in [5.74, 6) is -0.950. The maximum Gasteiger partial charge on any atom is 0.252 e. The third kappa shape index (κ3) is 5.92. The SMILES string of the molecule is CC(C)NC(=O)c1ccccc1S(=O)(=O)CCC(=O)Cc1ccc(O)cc1. The van der Waals surface area contributed by atoms with E-state index in [0.717, 1.165) is 0 Å². The molecule has 7 heteroatoms. The Bertz CT molecular complexity index is 918.